The van der Waals surface area contributed by atoms with Gasteiger partial charge in [0.25, 0.3) is 0 Å². The van der Waals surface area contributed by atoms with Gasteiger partial charge in [0.15, 0.2) is 0 Å². The third-order valence-corrected chi connectivity index (χ3v) is 6.86. The smallest absolute Gasteiger partial charge is 0.244 e. The van der Waals surface area contributed by atoms with Gasteiger partial charge in [-0.25, -0.2) is 12.8 Å². The van der Waals surface area contributed by atoms with Gasteiger partial charge in [0, 0.05) is 12.1 Å². The van der Waals surface area contributed by atoms with Crippen molar-refractivity contribution in [2.75, 3.05) is 17.1 Å². The SMILES string of the molecule is CC(C(=O)NC(C)(C)C)N(Cc1ccc(F)cc1)C(=O)CN(c1ccc(Oc2ccccc2)cc1)S(C)(=O)=O. The molecule has 39 heavy (non-hydrogen) atoms. The first-order valence-electron chi connectivity index (χ1n) is 12.4. The molecule has 2 amide bonds. The Bertz CT molecular complexity index is 1370. The molecule has 3 rings (SSSR count). The van der Waals surface area contributed by atoms with E-state index in [2.05, 4.69) is 5.32 Å². The molecule has 8 nitrogen and oxygen atoms in total. The topological polar surface area (TPSA) is 96.0 Å². The van der Waals surface area contributed by atoms with E-state index >= 15 is 0 Å². The largest absolute Gasteiger partial charge is 0.457 e. The molecule has 1 N–H and O–H groups in total. The second-order valence-electron chi connectivity index (χ2n) is 10.2. The van der Waals surface area contributed by atoms with Crippen LogP contribution in [0.1, 0.15) is 33.3 Å². The minimum Gasteiger partial charge on any atom is -0.457 e. The zero-order chi connectivity index (χ0) is 28.8. The third kappa shape index (κ3) is 8.81. The average Bonchev–Trinajstić information content (AvgIpc) is 2.86. The van der Waals surface area contributed by atoms with Crippen molar-refractivity contribution in [3.63, 3.8) is 0 Å². The minimum atomic E-state index is -3.88. The van der Waals surface area contributed by atoms with E-state index in [0.717, 1.165) is 10.6 Å². The number of amides is 2. The Labute approximate surface area is 229 Å². The van der Waals surface area contributed by atoms with Crippen molar-refractivity contribution in [2.45, 2.75) is 45.8 Å². The molecule has 3 aromatic carbocycles. The summed E-state index contributed by atoms with van der Waals surface area (Å²) >= 11 is 0. The predicted octanol–water partition coefficient (Wildman–Crippen LogP) is 4.72. The van der Waals surface area contributed by atoms with Crippen LogP contribution >= 0.6 is 0 Å². The molecule has 0 aliphatic heterocycles. The molecule has 10 heteroatoms. The molecule has 0 bridgehead atoms. The summed E-state index contributed by atoms with van der Waals surface area (Å²) in [7, 11) is -3.88. The van der Waals surface area contributed by atoms with Crippen LogP contribution in [0.15, 0.2) is 78.9 Å². The second kappa shape index (κ2) is 12.3. The minimum absolute atomic E-state index is 0.0146. The van der Waals surface area contributed by atoms with Crippen molar-refractivity contribution in [1.29, 1.82) is 0 Å². The lowest BCUT2D eigenvalue weighted by Crippen LogP contribution is -2.54. The normalized spacial score (nSPS) is 12.4. The van der Waals surface area contributed by atoms with Crippen LogP contribution in [0.2, 0.25) is 0 Å². The molecule has 0 aromatic heterocycles. The van der Waals surface area contributed by atoms with Crippen LogP contribution in [0.5, 0.6) is 11.5 Å². The van der Waals surface area contributed by atoms with Gasteiger partial charge in [0.05, 0.1) is 11.9 Å². The number of hydrogen-bond acceptors (Lipinski definition) is 5. The first-order chi connectivity index (χ1) is 18.2. The van der Waals surface area contributed by atoms with Gasteiger partial charge in [-0.3, -0.25) is 13.9 Å². The molecule has 3 aromatic rings. The standard InChI is InChI=1S/C29H34FN3O5S/c1-21(28(35)31-29(2,3)4)32(19-22-11-13-23(30)14-12-22)27(34)20-33(39(5,36)37)24-15-17-26(18-16-24)38-25-9-7-6-8-10-25/h6-18,21H,19-20H2,1-5H3,(H,31,35). The first kappa shape index (κ1) is 29.6. The predicted molar refractivity (Wildman–Crippen MR) is 149 cm³/mol. The number of anilines is 1. The number of carbonyl (C=O) groups is 2. The Balaban J connectivity index is 1.87. The Hall–Kier alpha value is -3.92. The van der Waals surface area contributed by atoms with Crippen molar-refractivity contribution < 1.29 is 27.1 Å². The monoisotopic (exact) mass is 555 g/mol. The van der Waals surface area contributed by atoms with Crippen molar-refractivity contribution in [3.05, 3.63) is 90.2 Å². The van der Waals surface area contributed by atoms with Gasteiger partial charge >= 0.3 is 0 Å². The fraction of sp³-hybridized carbons (Fsp3) is 0.310. The summed E-state index contributed by atoms with van der Waals surface area (Å²) in [5, 5.41) is 2.85. The lowest BCUT2D eigenvalue weighted by molar-refractivity contribution is -0.140. The number of nitrogens with zero attached hydrogens (tertiary/aromatic N) is 2. The van der Waals surface area contributed by atoms with Crippen LogP contribution in [0.25, 0.3) is 0 Å². The molecule has 0 radical (unpaired) electrons. The van der Waals surface area contributed by atoms with Gasteiger partial charge in [0.1, 0.15) is 29.9 Å². The number of halogens is 1. The molecule has 0 saturated carbocycles. The second-order valence-corrected chi connectivity index (χ2v) is 12.1. The summed E-state index contributed by atoms with van der Waals surface area (Å²) in [6.45, 7) is 6.48. The number of hydrogen-bond donors (Lipinski definition) is 1. The molecule has 1 unspecified atom stereocenters. The van der Waals surface area contributed by atoms with Crippen molar-refractivity contribution in [1.82, 2.24) is 10.2 Å². The first-order valence-corrected chi connectivity index (χ1v) is 14.2. The Morgan fingerprint density at radius 1 is 0.923 bits per heavy atom. The van der Waals surface area contributed by atoms with Crippen LogP contribution in [-0.4, -0.2) is 49.5 Å². The number of sulfonamides is 1. The number of benzene rings is 3. The highest BCUT2D eigenvalue weighted by atomic mass is 32.2. The Kier molecular flexibility index (Phi) is 9.34. The third-order valence-electron chi connectivity index (χ3n) is 5.71. The summed E-state index contributed by atoms with van der Waals surface area (Å²) < 4.78 is 45.7. The highest BCUT2D eigenvalue weighted by molar-refractivity contribution is 7.92. The number of carbonyl (C=O) groups excluding carboxylic acids is 2. The van der Waals surface area contributed by atoms with Gasteiger partial charge in [-0.2, -0.15) is 0 Å². The summed E-state index contributed by atoms with van der Waals surface area (Å²) in [5.74, 6) is -0.301. The molecular weight excluding hydrogens is 521 g/mol. The highest BCUT2D eigenvalue weighted by Gasteiger charge is 2.31. The molecule has 0 aliphatic rings. The average molecular weight is 556 g/mol. The maximum atomic E-state index is 13.6. The number of ether oxygens (including phenoxy) is 1. The van der Waals surface area contributed by atoms with Crippen molar-refractivity contribution in [2.24, 2.45) is 0 Å². The van der Waals surface area contributed by atoms with Crippen LogP contribution in [0.4, 0.5) is 10.1 Å². The molecule has 0 fully saturated rings. The van der Waals surface area contributed by atoms with E-state index in [-0.39, 0.29) is 12.2 Å². The summed E-state index contributed by atoms with van der Waals surface area (Å²) in [6, 6.07) is 20.1. The lowest BCUT2D eigenvalue weighted by Gasteiger charge is -2.33. The lowest BCUT2D eigenvalue weighted by atomic mass is 10.1. The van der Waals surface area contributed by atoms with E-state index in [1.807, 2.05) is 39.0 Å². The van der Waals surface area contributed by atoms with Crippen LogP contribution < -0.4 is 14.4 Å². The van der Waals surface area contributed by atoms with Crippen LogP contribution in [-0.2, 0) is 26.2 Å². The number of para-hydroxylation sites is 1. The highest BCUT2D eigenvalue weighted by Crippen LogP contribution is 2.26. The molecule has 0 heterocycles. The van der Waals surface area contributed by atoms with Gasteiger partial charge in [0.2, 0.25) is 21.8 Å². The summed E-state index contributed by atoms with van der Waals surface area (Å²) in [5.41, 5.74) is 0.312. The van der Waals surface area contributed by atoms with Gasteiger partial charge < -0.3 is 15.0 Å². The van der Waals surface area contributed by atoms with Gasteiger partial charge in [-0.05, 0) is 81.8 Å². The fourth-order valence-corrected chi connectivity index (χ4v) is 4.61. The summed E-state index contributed by atoms with van der Waals surface area (Å²) in [4.78, 5) is 27.9. The van der Waals surface area contributed by atoms with E-state index in [1.165, 1.54) is 29.2 Å². The molecule has 208 valence electrons. The zero-order valence-electron chi connectivity index (χ0n) is 22.7. The molecule has 1 atom stereocenters. The van der Waals surface area contributed by atoms with E-state index in [1.54, 1.807) is 43.3 Å². The van der Waals surface area contributed by atoms with Crippen LogP contribution in [0, 0.1) is 5.82 Å². The van der Waals surface area contributed by atoms with E-state index < -0.39 is 45.8 Å². The Morgan fingerprint density at radius 3 is 2.03 bits per heavy atom. The van der Waals surface area contributed by atoms with E-state index in [9.17, 15) is 22.4 Å². The van der Waals surface area contributed by atoms with Gasteiger partial charge in [-0.1, -0.05) is 30.3 Å². The molecular formula is C29H34FN3O5S. The fourth-order valence-electron chi connectivity index (χ4n) is 3.76. The van der Waals surface area contributed by atoms with Gasteiger partial charge in [-0.15, -0.1) is 0 Å². The number of nitrogens with one attached hydrogen (secondary N) is 1. The Morgan fingerprint density at radius 2 is 1.49 bits per heavy atom. The maximum Gasteiger partial charge on any atom is 0.244 e. The molecule has 0 spiro atoms. The number of rotatable bonds is 10. The summed E-state index contributed by atoms with van der Waals surface area (Å²) in [6.07, 6.45) is 1.01. The van der Waals surface area contributed by atoms with Crippen molar-refractivity contribution in [3.8, 4) is 11.5 Å². The van der Waals surface area contributed by atoms with Crippen LogP contribution in [0.3, 0.4) is 0 Å². The quantitative estimate of drug-likeness (QED) is 0.391. The van der Waals surface area contributed by atoms with E-state index in [4.69, 9.17) is 4.74 Å². The molecule has 0 aliphatic carbocycles. The van der Waals surface area contributed by atoms with E-state index in [0.29, 0.717) is 17.1 Å². The van der Waals surface area contributed by atoms with Crippen molar-refractivity contribution >= 4 is 27.5 Å². The maximum absolute atomic E-state index is 13.6. The zero-order valence-corrected chi connectivity index (χ0v) is 23.5. The molecule has 0 saturated heterocycles.